The smallest absolute Gasteiger partial charge is 0.230 e. The third-order valence-electron chi connectivity index (χ3n) is 5.40. The molecule has 1 aromatic carbocycles. The number of likely N-dealkylation sites (tertiary alicyclic amines) is 1. The number of fused-ring (bicyclic) bond motifs is 1. The normalized spacial score (nSPS) is 20.4. The monoisotopic (exact) mass is 354 g/mol. The second-order valence-corrected chi connectivity index (χ2v) is 6.99. The number of aromatic nitrogens is 3. The molecule has 1 fully saturated rings. The van der Waals surface area contributed by atoms with Crippen LogP contribution in [0.15, 0.2) is 30.5 Å². The summed E-state index contributed by atoms with van der Waals surface area (Å²) in [5, 5.41) is 17.2. The van der Waals surface area contributed by atoms with Crippen molar-refractivity contribution in [3.8, 4) is 0 Å². The first-order chi connectivity index (χ1) is 12.7. The highest BCUT2D eigenvalue weighted by Gasteiger charge is 2.37. The van der Waals surface area contributed by atoms with Gasteiger partial charge in [-0.3, -0.25) is 9.59 Å². The maximum atomic E-state index is 13.0. The molecule has 0 unspecified atom stereocenters. The van der Waals surface area contributed by atoms with Crippen LogP contribution in [0.5, 0.6) is 0 Å². The van der Waals surface area contributed by atoms with E-state index in [0.29, 0.717) is 25.1 Å². The van der Waals surface area contributed by atoms with E-state index in [1.54, 1.807) is 0 Å². The lowest BCUT2D eigenvalue weighted by atomic mass is 9.97. The molecule has 2 aliphatic rings. The Hall–Kier alpha value is -2.54. The van der Waals surface area contributed by atoms with Crippen LogP contribution in [0.1, 0.15) is 52.8 Å². The van der Waals surface area contributed by atoms with Gasteiger partial charge in [0.1, 0.15) is 0 Å². The molecule has 0 bridgehead atoms. The lowest BCUT2D eigenvalue weighted by molar-refractivity contribution is -0.134. The highest BCUT2D eigenvalue weighted by atomic mass is 16.3. The van der Waals surface area contributed by atoms with E-state index >= 15 is 0 Å². The van der Waals surface area contributed by atoms with Gasteiger partial charge in [0.05, 0.1) is 17.7 Å². The number of hydrogen-bond donors (Lipinski definition) is 1. The van der Waals surface area contributed by atoms with Crippen molar-refractivity contribution < 1.29 is 14.7 Å². The van der Waals surface area contributed by atoms with Crippen molar-refractivity contribution in [1.82, 2.24) is 19.9 Å². The van der Waals surface area contributed by atoms with Gasteiger partial charge in [0.25, 0.3) is 0 Å². The molecule has 2 heterocycles. The average Bonchev–Trinajstić information content (AvgIpc) is 3.27. The predicted octanol–water partition coefficient (Wildman–Crippen LogP) is 1.35. The van der Waals surface area contributed by atoms with Crippen LogP contribution in [-0.4, -0.2) is 56.4 Å². The van der Waals surface area contributed by atoms with Gasteiger partial charge in [0.2, 0.25) is 5.91 Å². The molecule has 7 heteroatoms. The van der Waals surface area contributed by atoms with Gasteiger partial charge in [-0.2, -0.15) is 0 Å². The summed E-state index contributed by atoms with van der Waals surface area (Å²) in [5.41, 5.74) is 2.35. The molecule has 1 N–H and O–H groups in total. The Balaban J connectivity index is 1.40. The van der Waals surface area contributed by atoms with Crippen LogP contribution in [0, 0.1) is 0 Å². The maximum absolute atomic E-state index is 13.0. The Kier molecular flexibility index (Phi) is 4.55. The molecule has 1 amide bonds. The molecule has 4 rings (SSSR count). The minimum Gasteiger partial charge on any atom is -0.396 e. The number of amides is 1. The number of ketones is 1. The Bertz CT molecular complexity index is 824. The number of hydrogen-bond acceptors (Lipinski definition) is 5. The highest BCUT2D eigenvalue weighted by molar-refractivity contribution is 6.06. The van der Waals surface area contributed by atoms with Crippen molar-refractivity contribution in [3.05, 3.63) is 47.3 Å². The fourth-order valence-corrected chi connectivity index (χ4v) is 3.97. The Morgan fingerprint density at radius 3 is 2.77 bits per heavy atom. The van der Waals surface area contributed by atoms with E-state index < -0.39 is 0 Å². The number of carbonyl (C=O) groups is 2. The summed E-state index contributed by atoms with van der Waals surface area (Å²) in [7, 11) is 0. The Labute approximate surface area is 151 Å². The molecule has 2 aromatic rings. The summed E-state index contributed by atoms with van der Waals surface area (Å²) < 4.78 is 1.85. The molecule has 136 valence electrons. The van der Waals surface area contributed by atoms with Crippen LogP contribution >= 0.6 is 0 Å². The molecule has 1 aromatic heterocycles. The zero-order valence-electron chi connectivity index (χ0n) is 14.5. The summed E-state index contributed by atoms with van der Waals surface area (Å²) in [6.45, 7) is 1.38. The van der Waals surface area contributed by atoms with Crippen molar-refractivity contribution in [2.45, 2.75) is 37.6 Å². The quantitative estimate of drug-likeness (QED) is 0.895. The molecule has 7 nitrogen and oxygen atoms in total. The standard InChI is InChI=1S/C19H22N4O3/c24-10-7-13-12-23(21-20-13)14-5-8-22(9-6-14)19(26)17-11-18(25)16-4-2-1-3-15(16)17/h1-4,12,14,17,24H,5-11H2/t17-/m0/s1. The van der Waals surface area contributed by atoms with Crippen LogP contribution in [-0.2, 0) is 11.2 Å². The lowest BCUT2D eigenvalue weighted by Crippen LogP contribution is -2.41. The zero-order valence-corrected chi connectivity index (χ0v) is 14.5. The van der Waals surface area contributed by atoms with Crippen molar-refractivity contribution in [2.24, 2.45) is 0 Å². The Morgan fingerprint density at radius 1 is 1.23 bits per heavy atom. The van der Waals surface area contributed by atoms with Crippen LogP contribution < -0.4 is 0 Å². The summed E-state index contributed by atoms with van der Waals surface area (Å²) in [5.74, 6) is -0.216. The minimum atomic E-state index is -0.335. The van der Waals surface area contributed by atoms with E-state index in [4.69, 9.17) is 5.11 Å². The predicted molar refractivity (Wildman–Crippen MR) is 93.8 cm³/mol. The molecule has 0 saturated carbocycles. The van der Waals surface area contributed by atoms with Crippen LogP contribution in [0.2, 0.25) is 0 Å². The Morgan fingerprint density at radius 2 is 2.00 bits per heavy atom. The van der Waals surface area contributed by atoms with Gasteiger partial charge in [0.15, 0.2) is 5.78 Å². The number of piperidine rings is 1. The first-order valence-corrected chi connectivity index (χ1v) is 9.10. The molecule has 0 radical (unpaired) electrons. The second-order valence-electron chi connectivity index (χ2n) is 6.99. The second kappa shape index (κ2) is 6.99. The van der Waals surface area contributed by atoms with Gasteiger partial charge in [0, 0.05) is 44.3 Å². The van der Waals surface area contributed by atoms with Gasteiger partial charge in [-0.25, -0.2) is 4.68 Å². The van der Waals surface area contributed by atoms with Crippen LogP contribution in [0.25, 0.3) is 0 Å². The fraction of sp³-hybridized carbons (Fsp3) is 0.474. The SMILES string of the molecule is O=C1C[C@H](C(=O)N2CCC(n3cc(CCO)nn3)CC2)c2ccccc21. The molecule has 1 saturated heterocycles. The fourth-order valence-electron chi connectivity index (χ4n) is 3.97. The molecule has 26 heavy (non-hydrogen) atoms. The number of aliphatic hydroxyl groups excluding tert-OH is 1. The molecule has 1 aliphatic carbocycles. The van der Waals surface area contributed by atoms with E-state index in [-0.39, 0.29) is 36.7 Å². The van der Waals surface area contributed by atoms with E-state index in [9.17, 15) is 9.59 Å². The van der Waals surface area contributed by atoms with Gasteiger partial charge in [-0.1, -0.05) is 29.5 Å². The van der Waals surface area contributed by atoms with Crippen molar-refractivity contribution >= 4 is 11.7 Å². The molecule has 0 spiro atoms. The number of benzene rings is 1. The molecule has 1 aliphatic heterocycles. The van der Waals surface area contributed by atoms with Crippen LogP contribution in [0.4, 0.5) is 0 Å². The number of Topliss-reactive ketones (excluding diaryl/α,β-unsaturated/α-hetero) is 1. The topological polar surface area (TPSA) is 88.3 Å². The summed E-state index contributed by atoms with van der Waals surface area (Å²) in [6.07, 6.45) is 4.30. The summed E-state index contributed by atoms with van der Waals surface area (Å²) >= 11 is 0. The zero-order chi connectivity index (χ0) is 18.1. The van der Waals surface area contributed by atoms with Gasteiger partial charge < -0.3 is 10.0 Å². The largest absolute Gasteiger partial charge is 0.396 e. The third-order valence-corrected chi connectivity index (χ3v) is 5.40. The minimum absolute atomic E-state index is 0.0568. The van der Waals surface area contributed by atoms with E-state index in [1.807, 2.05) is 40.0 Å². The third kappa shape index (κ3) is 3.03. The van der Waals surface area contributed by atoms with Crippen molar-refractivity contribution in [2.75, 3.05) is 19.7 Å². The molecule has 1 atom stereocenters. The van der Waals surface area contributed by atoms with E-state index in [1.165, 1.54) is 0 Å². The van der Waals surface area contributed by atoms with Gasteiger partial charge in [-0.15, -0.1) is 5.10 Å². The van der Waals surface area contributed by atoms with Gasteiger partial charge in [-0.05, 0) is 18.4 Å². The first-order valence-electron chi connectivity index (χ1n) is 9.10. The number of nitrogens with zero attached hydrogens (tertiary/aromatic N) is 4. The summed E-state index contributed by atoms with van der Waals surface area (Å²) in [6, 6.07) is 7.66. The van der Waals surface area contributed by atoms with E-state index in [2.05, 4.69) is 10.3 Å². The number of rotatable bonds is 4. The molecular weight excluding hydrogens is 332 g/mol. The van der Waals surface area contributed by atoms with Crippen molar-refractivity contribution in [1.29, 1.82) is 0 Å². The van der Waals surface area contributed by atoms with Gasteiger partial charge >= 0.3 is 0 Å². The van der Waals surface area contributed by atoms with Crippen molar-refractivity contribution in [3.63, 3.8) is 0 Å². The van der Waals surface area contributed by atoms with E-state index in [0.717, 1.165) is 24.1 Å². The maximum Gasteiger partial charge on any atom is 0.230 e. The average molecular weight is 354 g/mol. The number of aliphatic hydroxyl groups is 1. The lowest BCUT2D eigenvalue weighted by Gasteiger charge is -2.33. The summed E-state index contributed by atoms with van der Waals surface area (Å²) in [4.78, 5) is 27.0. The highest BCUT2D eigenvalue weighted by Crippen LogP contribution is 2.35. The van der Waals surface area contributed by atoms with Crippen LogP contribution in [0.3, 0.4) is 0 Å². The first kappa shape index (κ1) is 16.9. The molecular formula is C19H22N4O3. The number of carbonyl (C=O) groups excluding carboxylic acids is 2.